The van der Waals surface area contributed by atoms with Crippen molar-refractivity contribution < 1.29 is 14.6 Å². The Morgan fingerprint density at radius 1 is 1.35 bits per heavy atom. The minimum absolute atomic E-state index is 0.296. The van der Waals surface area contributed by atoms with E-state index in [0.29, 0.717) is 25.2 Å². The fourth-order valence-corrected chi connectivity index (χ4v) is 2.94. The molecule has 3 atom stereocenters. The second-order valence-corrected chi connectivity index (χ2v) is 6.14. The van der Waals surface area contributed by atoms with Crippen molar-refractivity contribution in [1.29, 1.82) is 0 Å². The zero-order valence-electron chi connectivity index (χ0n) is 13.3. The first-order valence-corrected chi connectivity index (χ1v) is 7.73. The number of carboxylic acid groups (broad SMARTS) is 1. The van der Waals surface area contributed by atoms with E-state index in [2.05, 4.69) is 24.1 Å². The van der Waals surface area contributed by atoms with Crippen LogP contribution in [0.2, 0.25) is 0 Å². The van der Waals surface area contributed by atoms with Gasteiger partial charge in [0, 0.05) is 13.1 Å². The number of likely N-dealkylation sites (N-methyl/N-ethyl adjacent to an activating group) is 1. The highest BCUT2D eigenvalue weighted by Gasteiger charge is 2.31. The summed E-state index contributed by atoms with van der Waals surface area (Å²) < 4.78 is 5.71. The van der Waals surface area contributed by atoms with Crippen LogP contribution in [0.15, 0.2) is 0 Å². The van der Waals surface area contributed by atoms with Crippen LogP contribution in [-0.2, 0) is 9.53 Å². The Hall–Kier alpha value is -0.650. The Kier molecular flexibility index (Phi) is 6.92. The van der Waals surface area contributed by atoms with Gasteiger partial charge in [-0.15, -0.1) is 0 Å². The molecule has 0 saturated carbocycles. The summed E-state index contributed by atoms with van der Waals surface area (Å²) in [5.41, 5.74) is -0.791. The molecule has 1 fully saturated rings. The number of aliphatic carboxylic acids is 1. The summed E-state index contributed by atoms with van der Waals surface area (Å²) in [5, 5.41) is 12.4. The lowest BCUT2D eigenvalue weighted by molar-refractivity contribution is -0.144. The third-order valence-corrected chi connectivity index (χ3v) is 3.94. The van der Waals surface area contributed by atoms with Gasteiger partial charge < -0.3 is 15.2 Å². The minimum atomic E-state index is -0.791. The van der Waals surface area contributed by atoms with Crippen LogP contribution in [0.1, 0.15) is 47.0 Å². The van der Waals surface area contributed by atoms with Crippen LogP contribution in [-0.4, -0.2) is 59.9 Å². The summed E-state index contributed by atoms with van der Waals surface area (Å²) in [5.74, 6) is -0.757. The van der Waals surface area contributed by atoms with Crippen LogP contribution in [0, 0.1) is 0 Å². The first kappa shape index (κ1) is 17.4. The zero-order valence-corrected chi connectivity index (χ0v) is 13.3. The van der Waals surface area contributed by atoms with Crippen LogP contribution in [0.4, 0.5) is 0 Å². The number of unbranched alkanes of at least 4 members (excludes halogenated alkanes) is 1. The molecule has 0 amide bonds. The zero-order chi connectivity index (χ0) is 15.2. The number of hydrogen-bond donors (Lipinski definition) is 2. The fraction of sp³-hybridized carbons (Fsp3) is 0.933. The van der Waals surface area contributed by atoms with E-state index in [1.165, 1.54) is 0 Å². The summed E-state index contributed by atoms with van der Waals surface area (Å²) in [7, 11) is 0. The third-order valence-electron chi connectivity index (χ3n) is 3.94. The maximum Gasteiger partial charge on any atom is 0.323 e. The lowest BCUT2D eigenvalue weighted by atomic mass is 9.94. The Bertz CT molecular complexity index is 301. The molecule has 0 aromatic heterocycles. The van der Waals surface area contributed by atoms with Gasteiger partial charge in [0.1, 0.15) is 5.54 Å². The Balaban J connectivity index is 2.28. The number of nitrogens with zero attached hydrogens (tertiary/aromatic N) is 1. The molecule has 118 valence electrons. The quantitative estimate of drug-likeness (QED) is 0.665. The highest BCUT2D eigenvalue weighted by Crippen LogP contribution is 2.16. The van der Waals surface area contributed by atoms with Crippen molar-refractivity contribution >= 4 is 5.97 Å². The molecule has 5 nitrogen and oxygen atoms in total. The molecule has 1 aliphatic heterocycles. The summed E-state index contributed by atoms with van der Waals surface area (Å²) in [6.07, 6.45) is 3.23. The first-order valence-electron chi connectivity index (χ1n) is 7.73. The van der Waals surface area contributed by atoms with Gasteiger partial charge in [-0.1, -0.05) is 6.92 Å². The molecular formula is C15H30N2O3. The monoisotopic (exact) mass is 286 g/mol. The van der Waals surface area contributed by atoms with Crippen molar-refractivity contribution in [2.45, 2.75) is 64.7 Å². The number of ether oxygens (including phenoxy) is 1. The summed E-state index contributed by atoms with van der Waals surface area (Å²) >= 11 is 0. The largest absolute Gasteiger partial charge is 0.480 e. The molecule has 1 aliphatic rings. The van der Waals surface area contributed by atoms with Gasteiger partial charge in [0.15, 0.2) is 0 Å². The molecule has 1 rings (SSSR count). The number of hydrogen-bond acceptors (Lipinski definition) is 4. The number of carboxylic acids is 1. The molecule has 1 unspecified atom stereocenters. The van der Waals surface area contributed by atoms with E-state index in [0.717, 1.165) is 32.5 Å². The van der Waals surface area contributed by atoms with Gasteiger partial charge in [-0.05, 0) is 53.1 Å². The van der Waals surface area contributed by atoms with E-state index in [4.69, 9.17) is 4.74 Å². The lowest BCUT2D eigenvalue weighted by Gasteiger charge is -2.35. The highest BCUT2D eigenvalue weighted by molar-refractivity contribution is 5.78. The van der Waals surface area contributed by atoms with Crippen LogP contribution < -0.4 is 5.32 Å². The molecule has 20 heavy (non-hydrogen) atoms. The van der Waals surface area contributed by atoms with E-state index in [9.17, 15) is 9.90 Å². The van der Waals surface area contributed by atoms with Gasteiger partial charge >= 0.3 is 5.97 Å². The van der Waals surface area contributed by atoms with Crippen molar-refractivity contribution in [2.24, 2.45) is 0 Å². The molecule has 2 N–H and O–H groups in total. The topological polar surface area (TPSA) is 61.8 Å². The van der Waals surface area contributed by atoms with E-state index < -0.39 is 11.5 Å². The van der Waals surface area contributed by atoms with Gasteiger partial charge in [0.2, 0.25) is 0 Å². The van der Waals surface area contributed by atoms with Crippen molar-refractivity contribution in [3.8, 4) is 0 Å². The highest BCUT2D eigenvalue weighted by atomic mass is 16.5. The maximum atomic E-state index is 11.3. The van der Waals surface area contributed by atoms with Crippen LogP contribution in [0.5, 0.6) is 0 Å². The van der Waals surface area contributed by atoms with Gasteiger partial charge in [-0.2, -0.15) is 0 Å². The predicted octanol–water partition coefficient (Wildman–Crippen LogP) is 1.72. The normalized spacial score (nSPS) is 27.2. The molecule has 0 aromatic rings. The van der Waals surface area contributed by atoms with Gasteiger partial charge in [-0.3, -0.25) is 9.69 Å². The van der Waals surface area contributed by atoms with Crippen LogP contribution in [0.3, 0.4) is 0 Å². The van der Waals surface area contributed by atoms with Gasteiger partial charge in [0.05, 0.1) is 12.2 Å². The second kappa shape index (κ2) is 7.96. The van der Waals surface area contributed by atoms with Crippen LogP contribution >= 0.6 is 0 Å². The van der Waals surface area contributed by atoms with Crippen molar-refractivity contribution in [1.82, 2.24) is 10.2 Å². The third kappa shape index (κ3) is 5.38. The fourth-order valence-electron chi connectivity index (χ4n) is 2.94. The standard InChI is InChI=1S/C15H30N2O3/c1-5-16-15(4,14(18)19)8-6-7-9-17-10-12(2)20-13(3)11-17/h12-13,16H,5-11H2,1-4H3,(H,18,19)/t12-,13+,15?. The van der Waals surface area contributed by atoms with E-state index in [-0.39, 0.29) is 0 Å². The molecule has 0 aromatic carbocycles. The maximum absolute atomic E-state index is 11.3. The average molecular weight is 286 g/mol. The van der Waals surface area contributed by atoms with Gasteiger partial charge in [0.25, 0.3) is 0 Å². The van der Waals surface area contributed by atoms with Crippen LogP contribution in [0.25, 0.3) is 0 Å². The smallest absolute Gasteiger partial charge is 0.323 e. The minimum Gasteiger partial charge on any atom is -0.480 e. The summed E-state index contributed by atoms with van der Waals surface area (Å²) in [4.78, 5) is 13.7. The summed E-state index contributed by atoms with van der Waals surface area (Å²) in [6.45, 7) is 11.6. The predicted molar refractivity (Wildman–Crippen MR) is 80.0 cm³/mol. The van der Waals surface area contributed by atoms with Crippen molar-refractivity contribution in [2.75, 3.05) is 26.2 Å². The number of carbonyl (C=O) groups is 1. The number of nitrogens with one attached hydrogen (secondary N) is 1. The molecular weight excluding hydrogens is 256 g/mol. The molecule has 0 spiro atoms. The Labute approximate surface area is 122 Å². The lowest BCUT2D eigenvalue weighted by Crippen LogP contribution is -2.49. The number of rotatable bonds is 8. The SMILES string of the molecule is CCNC(C)(CCCCN1C[C@@H](C)O[C@@H](C)C1)C(=O)O. The first-order chi connectivity index (χ1) is 9.37. The van der Waals surface area contributed by atoms with Crippen molar-refractivity contribution in [3.05, 3.63) is 0 Å². The average Bonchev–Trinajstić information content (AvgIpc) is 2.33. The Morgan fingerprint density at radius 3 is 2.45 bits per heavy atom. The second-order valence-electron chi connectivity index (χ2n) is 6.14. The van der Waals surface area contributed by atoms with Gasteiger partial charge in [-0.25, -0.2) is 0 Å². The van der Waals surface area contributed by atoms with E-state index in [1.54, 1.807) is 6.92 Å². The summed E-state index contributed by atoms with van der Waals surface area (Å²) in [6, 6.07) is 0. The Morgan fingerprint density at radius 2 is 1.95 bits per heavy atom. The van der Waals surface area contributed by atoms with Crippen molar-refractivity contribution in [3.63, 3.8) is 0 Å². The molecule has 0 bridgehead atoms. The number of morpholine rings is 1. The molecule has 5 heteroatoms. The molecule has 0 aliphatic carbocycles. The van der Waals surface area contributed by atoms with E-state index >= 15 is 0 Å². The molecule has 0 radical (unpaired) electrons. The molecule has 1 heterocycles. The molecule has 1 saturated heterocycles. The van der Waals surface area contributed by atoms with E-state index in [1.807, 2.05) is 6.92 Å².